The molecule has 2 aromatic rings. The maximum atomic E-state index is 13.2. The fraction of sp³-hybridized carbons (Fsp3) is 0.278. The molecule has 2 rings (SSSR count). The van der Waals surface area contributed by atoms with Gasteiger partial charge < -0.3 is 5.32 Å². The van der Waals surface area contributed by atoms with Crippen molar-refractivity contribution in [3.63, 3.8) is 0 Å². The highest BCUT2D eigenvalue weighted by Gasteiger charge is 2.25. The van der Waals surface area contributed by atoms with Crippen LogP contribution < -0.4 is 5.32 Å². The maximum absolute atomic E-state index is 13.2. The van der Waals surface area contributed by atoms with Crippen molar-refractivity contribution in [2.24, 2.45) is 0 Å². The van der Waals surface area contributed by atoms with Gasteiger partial charge in [0.1, 0.15) is 0 Å². The molecule has 0 saturated heterocycles. The third-order valence-corrected chi connectivity index (χ3v) is 5.25. The molecule has 0 aliphatic heterocycles. The van der Waals surface area contributed by atoms with Crippen LogP contribution in [-0.4, -0.2) is 31.4 Å². The fourth-order valence-corrected chi connectivity index (χ4v) is 3.67. The van der Waals surface area contributed by atoms with E-state index in [1.165, 1.54) is 10.4 Å². The number of anilines is 1. The summed E-state index contributed by atoms with van der Waals surface area (Å²) in [6.07, 6.45) is 0.961. The van der Waals surface area contributed by atoms with Crippen LogP contribution in [0.1, 0.15) is 24.9 Å². The van der Waals surface area contributed by atoms with Crippen molar-refractivity contribution < 1.29 is 22.0 Å². The number of nitrogens with one attached hydrogen (secondary N) is 1. The summed E-state index contributed by atoms with van der Waals surface area (Å²) < 4.78 is 51.5. The highest BCUT2D eigenvalue weighted by atomic mass is 32.2. The molecular formula is C18H20F2N2O3S. The van der Waals surface area contributed by atoms with Gasteiger partial charge in [-0.25, -0.2) is 17.2 Å². The van der Waals surface area contributed by atoms with Gasteiger partial charge in [-0.3, -0.25) is 4.79 Å². The van der Waals surface area contributed by atoms with Crippen molar-refractivity contribution >= 4 is 21.6 Å². The molecule has 8 heteroatoms. The van der Waals surface area contributed by atoms with Crippen molar-refractivity contribution in [3.05, 3.63) is 65.7 Å². The van der Waals surface area contributed by atoms with Crippen LogP contribution in [0.25, 0.3) is 0 Å². The summed E-state index contributed by atoms with van der Waals surface area (Å²) in [6.45, 7) is 1.70. The van der Waals surface area contributed by atoms with E-state index < -0.39 is 33.6 Å². The lowest BCUT2D eigenvalue weighted by Gasteiger charge is -2.27. The first kappa shape index (κ1) is 20.0. The molecule has 26 heavy (non-hydrogen) atoms. The normalized spacial score (nSPS) is 12.8. The van der Waals surface area contributed by atoms with E-state index in [1.54, 1.807) is 6.92 Å². The molecule has 0 aliphatic carbocycles. The third-order valence-electron chi connectivity index (χ3n) is 3.90. The second-order valence-corrected chi connectivity index (χ2v) is 7.82. The van der Waals surface area contributed by atoms with E-state index >= 15 is 0 Å². The first-order valence-electron chi connectivity index (χ1n) is 7.95. The average molecular weight is 382 g/mol. The number of carbonyl (C=O) groups excluding carboxylic acids is 1. The molecule has 1 unspecified atom stereocenters. The lowest BCUT2D eigenvalue weighted by atomic mass is 10.1. The van der Waals surface area contributed by atoms with Crippen molar-refractivity contribution in [2.75, 3.05) is 18.1 Å². The van der Waals surface area contributed by atoms with E-state index in [2.05, 4.69) is 5.32 Å². The first-order chi connectivity index (χ1) is 12.2. The standard InChI is InChI=1S/C18H20F2N2O3S/c1-13(14-6-4-3-5-7-14)22(26(2,24)25)11-10-18(23)21-15-8-9-16(19)17(20)12-15/h3-9,12-13H,10-11H2,1-2H3,(H,21,23). The zero-order valence-corrected chi connectivity index (χ0v) is 15.3. The number of benzene rings is 2. The molecule has 0 radical (unpaired) electrons. The van der Waals surface area contributed by atoms with Crippen molar-refractivity contribution in [1.82, 2.24) is 4.31 Å². The number of hydrogen-bond acceptors (Lipinski definition) is 3. The molecule has 0 bridgehead atoms. The summed E-state index contributed by atoms with van der Waals surface area (Å²) in [7, 11) is -3.55. The smallest absolute Gasteiger partial charge is 0.225 e. The average Bonchev–Trinajstić information content (AvgIpc) is 2.58. The Morgan fingerprint density at radius 1 is 1.12 bits per heavy atom. The molecule has 0 aliphatic rings. The highest BCUT2D eigenvalue weighted by Crippen LogP contribution is 2.23. The molecule has 1 atom stereocenters. The third kappa shape index (κ3) is 5.34. The van der Waals surface area contributed by atoms with Crippen LogP contribution in [0, 0.1) is 11.6 Å². The van der Waals surface area contributed by atoms with Gasteiger partial charge in [0.05, 0.1) is 6.26 Å². The van der Waals surface area contributed by atoms with Gasteiger partial charge in [0.15, 0.2) is 11.6 Å². The Balaban J connectivity index is 2.05. The SMILES string of the molecule is CC(c1ccccc1)N(CCC(=O)Nc1ccc(F)c(F)c1)S(C)(=O)=O. The van der Waals surface area contributed by atoms with Crippen molar-refractivity contribution in [3.8, 4) is 0 Å². The number of hydrogen-bond donors (Lipinski definition) is 1. The van der Waals surface area contributed by atoms with Crippen molar-refractivity contribution in [1.29, 1.82) is 0 Å². The Labute approximate surface area is 151 Å². The van der Waals surface area contributed by atoms with Crippen LogP contribution in [0.2, 0.25) is 0 Å². The van der Waals surface area contributed by atoms with Crippen LogP contribution in [0.15, 0.2) is 48.5 Å². The number of sulfonamides is 1. The molecule has 0 spiro atoms. The largest absolute Gasteiger partial charge is 0.326 e. The van der Waals surface area contributed by atoms with Gasteiger partial charge in [0.25, 0.3) is 0 Å². The molecular weight excluding hydrogens is 362 g/mol. The second-order valence-electron chi connectivity index (χ2n) is 5.89. The summed E-state index contributed by atoms with van der Waals surface area (Å²) in [5.74, 6) is -2.58. The number of nitrogens with zero attached hydrogens (tertiary/aromatic N) is 1. The zero-order valence-electron chi connectivity index (χ0n) is 14.4. The van der Waals surface area contributed by atoms with Gasteiger partial charge in [0.2, 0.25) is 15.9 Å². The van der Waals surface area contributed by atoms with E-state index in [4.69, 9.17) is 0 Å². The summed E-state index contributed by atoms with van der Waals surface area (Å²) in [6, 6.07) is 11.6. The van der Waals surface area contributed by atoms with Gasteiger partial charge in [0, 0.05) is 30.8 Å². The van der Waals surface area contributed by atoms with E-state index in [9.17, 15) is 22.0 Å². The van der Waals surface area contributed by atoms with Gasteiger partial charge >= 0.3 is 0 Å². The molecule has 2 aromatic carbocycles. The van der Waals surface area contributed by atoms with Gasteiger partial charge in [-0.1, -0.05) is 30.3 Å². The lowest BCUT2D eigenvalue weighted by molar-refractivity contribution is -0.116. The van der Waals surface area contributed by atoms with Crippen LogP contribution in [0.3, 0.4) is 0 Å². The zero-order chi connectivity index (χ0) is 19.3. The minimum atomic E-state index is -3.55. The first-order valence-corrected chi connectivity index (χ1v) is 9.80. The van der Waals surface area contributed by atoms with Crippen LogP contribution in [0.5, 0.6) is 0 Å². The van der Waals surface area contributed by atoms with Crippen LogP contribution in [-0.2, 0) is 14.8 Å². The molecule has 0 heterocycles. The lowest BCUT2D eigenvalue weighted by Crippen LogP contribution is -2.35. The molecule has 0 saturated carbocycles. The van der Waals surface area contributed by atoms with Crippen LogP contribution in [0.4, 0.5) is 14.5 Å². The summed E-state index contributed by atoms with van der Waals surface area (Å²) in [5, 5.41) is 2.43. The number of carbonyl (C=O) groups is 1. The summed E-state index contributed by atoms with van der Waals surface area (Å²) in [5.41, 5.74) is 0.912. The second kappa shape index (κ2) is 8.37. The quantitative estimate of drug-likeness (QED) is 0.799. The van der Waals surface area contributed by atoms with Crippen LogP contribution >= 0.6 is 0 Å². The topological polar surface area (TPSA) is 66.5 Å². The maximum Gasteiger partial charge on any atom is 0.225 e. The molecule has 5 nitrogen and oxygen atoms in total. The predicted molar refractivity (Wildman–Crippen MR) is 96.0 cm³/mol. The van der Waals surface area contributed by atoms with Gasteiger partial charge in [-0.05, 0) is 24.6 Å². The molecule has 1 amide bonds. The number of rotatable bonds is 7. The van der Waals surface area contributed by atoms with Gasteiger partial charge in [-0.2, -0.15) is 4.31 Å². The Bertz CT molecular complexity index is 873. The summed E-state index contributed by atoms with van der Waals surface area (Å²) in [4.78, 5) is 12.1. The molecule has 0 fully saturated rings. The van der Waals surface area contributed by atoms with E-state index in [1.807, 2.05) is 30.3 Å². The molecule has 1 N–H and O–H groups in total. The van der Waals surface area contributed by atoms with Gasteiger partial charge in [-0.15, -0.1) is 0 Å². The Hall–Kier alpha value is -2.32. The number of halogens is 2. The summed E-state index contributed by atoms with van der Waals surface area (Å²) >= 11 is 0. The number of amides is 1. The van der Waals surface area contributed by atoms with E-state index in [-0.39, 0.29) is 18.7 Å². The Morgan fingerprint density at radius 3 is 2.35 bits per heavy atom. The highest BCUT2D eigenvalue weighted by molar-refractivity contribution is 7.88. The Morgan fingerprint density at radius 2 is 1.77 bits per heavy atom. The van der Waals surface area contributed by atoms with Crippen molar-refractivity contribution in [2.45, 2.75) is 19.4 Å². The predicted octanol–water partition coefficient (Wildman–Crippen LogP) is 3.32. The minimum absolute atomic E-state index is 0.0373. The van der Waals surface area contributed by atoms with E-state index in [0.29, 0.717) is 0 Å². The fourth-order valence-electron chi connectivity index (χ4n) is 2.55. The van der Waals surface area contributed by atoms with E-state index in [0.717, 1.165) is 24.0 Å². The monoisotopic (exact) mass is 382 g/mol. The molecule has 0 aromatic heterocycles. The minimum Gasteiger partial charge on any atom is -0.326 e. The Kier molecular flexibility index (Phi) is 6.44. The molecule has 140 valence electrons.